The molecule has 0 saturated carbocycles. The van der Waals surface area contributed by atoms with Gasteiger partial charge in [-0.3, -0.25) is 24.6 Å². The number of thioether (sulfide) groups is 1. The van der Waals surface area contributed by atoms with Crippen molar-refractivity contribution in [1.82, 2.24) is 4.90 Å². The maximum atomic E-state index is 13.0. The third-order valence-corrected chi connectivity index (χ3v) is 6.70. The molecule has 0 aromatic heterocycles. The summed E-state index contributed by atoms with van der Waals surface area (Å²) >= 11 is 9.96. The number of carbonyl (C=O) groups excluding carboxylic acids is 2. The molecule has 190 valence electrons. The van der Waals surface area contributed by atoms with Gasteiger partial charge in [-0.05, 0) is 65.9 Å². The Morgan fingerprint density at radius 2 is 1.81 bits per heavy atom. The van der Waals surface area contributed by atoms with Crippen molar-refractivity contribution >= 4 is 62.2 Å². The van der Waals surface area contributed by atoms with Crippen LogP contribution in [0.25, 0.3) is 6.08 Å². The van der Waals surface area contributed by atoms with Crippen LogP contribution in [0.3, 0.4) is 0 Å². The van der Waals surface area contributed by atoms with E-state index in [4.69, 9.17) is 16.3 Å². The molecule has 0 atom stereocenters. The number of alkyl halides is 3. The minimum absolute atomic E-state index is 0.00214. The van der Waals surface area contributed by atoms with E-state index in [9.17, 15) is 32.9 Å². The van der Waals surface area contributed by atoms with E-state index in [0.717, 1.165) is 11.0 Å². The Morgan fingerprint density at radius 3 is 2.49 bits per heavy atom. The Kier molecular flexibility index (Phi) is 7.62. The molecule has 1 heterocycles. The van der Waals surface area contributed by atoms with Crippen LogP contribution in [-0.2, 0) is 17.5 Å². The van der Waals surface area contributed by atoms with E-state index in [2.05, 4.69) is 15.9 Å². The molecule has 1 saturated heterocycles. The standard InChI is InChI=1S/C24H13BrClF3N2O5S/c25-16-5-7-19(36-20-6-4-15(24(27,28)29)11-18(20)31(34)35)14(9-16)10-21-22(32)30(23(33)37-21)12-13-2-1-3-17(26)8-13/h1-11H,12H2/b21-10-. The highest BCUT2D eigenvalue weighted by atomic mass is 79.9. The molecule has 0 aliphatic carbocycles. The fraction of sp³-hybridized carbons (Fsp3) is 0.0833. The smallest absolute Gasteiger partial charge is 0.416 e. The van der Waals surface area contributed by atoms with Crippen LogP contribution in [0.1, 0.15) is 16.7 Å². The van der Waals surface area contributed by atoms with Crippen molar-refractivity contribution in [3.63, 3.8) is 0 Å². The molecule has 3 aromatic carbocycles. The minimum Gasteiger partial charge on any atom is -0.449 e. The van der Waals surface area contributed by atoms with Gasteiger partial charge in [0.25, 0.3) is 11.1 Å². The van der Waals surface area contributed by atoms with Gasteiger partial charge in [-0.2, -0.15) is 13.2 Å². The second-order valence-corrected chi connectivity index (χ2v) is 9.96. The molecule has 7 nitrogen and oxygen atoms in total. The van der Waals surface area contributed by atoms with E-state index >= 15 is 0 Å². The van der Waals surface area contributed by atoms with Crippen LogP contribution in [0.5, 0.6) is 11.5 Å². The van der Waals surface area contributed by atoms with Gasteiger partial charge in [-0.25, -0.2) is 0 Å². The molecule has 0 radical (unpaired) electrons. The number of hydrogen-bond donors (Lipinski definition) is 0. The summed E-state index contributed by atoms with van der Waals surface area (Å²) in [6.07, 6.45) is -3.40. The van der Waals surface area contributed by atoms with E-state index < -0.39 is 39.2 Å². The van der Waals surface area contributed by atoms with Crippen molar-refractivity contribution in [2.45, 2.75) is 12.7 Å². The summed E-state index contributed by atoms with van der Waals surface area (Å²) < 4.78 is 45.3. The van der Waals surface area contributed by atoms with E-state index in [0.29, 0.717) is 39.0 Å². The van der Waals surface area contributed by atoms with Gasteiger partial charge >= 0.3 is 11.9 Å². The molecule has 1 aliphatic heterocycles. The number of nitrogens with zero attached hydrogens (tertiary/aromatic N) is 2. The van der Waals surface area contributed by atoms with Crippen molar-refractivity contribution in [3.05, 3.63) is 102 Å². The van der Waals surface area contributed by atoms with Crippen LogP contribution in [0, 0.1) is 10.1 Å². The number of nitro benzene ring substituents is 1. The zero-order valence-electron chi connectivity index (χ0n) is 18.3. The summed E-state index contributed by atoms with van der Waals surface area (Å²) in [5, 5.41) is 11.4. The highest BCUT2D eigenvalue weighted by Gasteiger charge is 2.36. The van der Waals surface area contributed by atoms with Crippen LogP contribution in [-0.4, -0.2) is 21.0 Å². The van der Waals surface area contributed by atoms with Crippen molar-refractivity contribution in [1.29, 1.82) is 0 Å². The number of rotatable bonds is 6. The number of carbonyl (C=O) groups is 2. The fourth-order valence-corrected chi connectivity index (χ4v) is 4.78. The molecule has 2 amide bonds. The van der Waals surface area contributed by atoms with E-state index in [-0.39, 0.29) is 22.8 Å². The molecule has 13 heteroatoms. The lowest BCUT2D eigenvalue weighted by atomic mass is 10.1. The van der Waals surface area contributed by atoms with Crippen molar-refractivity contribution < 1.29 is 32.4 Å². The fourth-order valence-electron chi connectivity index (χ4n) is 3.36. The molecule has 1 aliphatic rings. The summed E-state index contributed by atoms with van der Waals surface area (Å²) in [5.41, 5.74) is -1.17. The Morgan fingerprint density at radius 1 is 1.08 bits per heavy atom. The van der Waals surface area contributed by atoms with E-state index in [1.165, 1.54) is 18.2 Å². The summed E-state index contributed by atoms with van der Waals surface area (Å²) in [7, 11) is 0. The molecule has 3 aromatic rings. The quantitative estimate of drug-likeness (QED) is 0.159. The number of halogens is 5. The summed E-state index contributed by atoms with van der Waals surface area (Å²) in [6, 6.07) is 13.1. The van der Waals surface area contributed by atoms with Gasteiger partial charge in [0.1, 0.15) is 5.75 Å². The third kappa shape index (κ3) is 6.14. The topological polar surface area (TPSA) is 89.7 Å². The molecule has 4 rings (SSSR count). The first-order chi connectivity index (χ1) is 17.4. The van der Waals surface area contributed by atoms with Crippen LogP contribution >= 0.6 is 39.3 Å². The molecule has 0 spiro atoms. The Balaban J connectivity index is 1.66. The first-order valence-corrected chi connectivity index (χ1v) is 12.2. The molecule has 0 N–H and O–H groups in total. The average Bonchev–Trinajstić information content (AvgIpc) is 3.07. The van der Waals surface area contributed by atoms with Gasteiger partial charge in [0.2, 0.25) is 5.75 Å². The van der Waals surface area contributed by atoms with Gasteiger partial charge in [0, 0.05) is 21.1 Å². The van der Waals surface area contributed by atoms with Gasteiger partial charge in [-0.15, -0.1) is 0 Å². The summed E-state index contributed by atoms with van der Waals surface area (Å²) in [6.45, 7) is 0.00214. The molecular formula is C24H13BrClF3N2O5S. The third-order valence-electron chi connectivity index (χ3n) is 5.06. The van der Waals surface area contributed by atoms with Crippen LogP contribution in [0.2, 0.25) is 5.02 Å². The highest BCUT2D eigenvalue weighted by Crippen LogP contribution is 2.40. The van der Waals surface area contributed by atoms with Gasteiger partial charge in [-0.1, -0.05) is 39.7 Å². The largest absolute Gasteiger partial charge is 0.449 e. The maximum Gasteiger partial charge on any atom is 0.416 e. The number of nitro groups is 1. The summed E-state index contributed by atoms with van der Waals surface area (Å²) in [5.74, 6) is -0.974. The Bertz CT molecular complexity index is 1460. The van der Waals surface area contributed by atoms with Crippen molar-refractivity contribution in [2.75, 3.05) is 0 Å². The van der Waals surface area contributed by atoms with Gasteiger partial charge < -0.3 is 4.74 Å². The van der Waals surface area contributed by atoms with Gasteiger partial charge in [0.15, 0.2) is 0 Å². The number of hydrogen-bond acceptors (Lipinski definition) is 6. The lowest BCUT2D eigenvalue weighted by Gasteiger charge is -2.13. The number of imide groups is 1. The number of benzene rings is 3. The monoisotopic (exact) mass is 612 g/mol. The zero-order chi connectivity index (χ0) is 26.9. The zero-order valence-corrected chi connectivity index (χ0v) is 21.5. The first-order valence-electron chi connectivity index (χ1n) is 10.3. The Labute approximate surface area is 225 Å². The minimum atomic E-state index is -4.78. The number of ether oxygens (including phenoxy) is 1. The molecule has 37 heavy (non-hydrogen) atoms. The van der Waals surface area contributed by atoms with Gasteiger partial charge in [0.05, 0.1) is 21.9 Å². The van der Waals surface area contributed by atoms with Crippen molar-refractivity contribution in [2.24, 2.45) is 0 Å². The molecule has 0 unspecified atom stereocenters. The second-order valence-electron chi connectivity index (χ2n) is 7.62. The maximum absolute atomic E-state index is 13.0. The van der Waals surface area contributed by atoms with Crippen molar-refractivity contribution in [3.8, 4) is 11.5 Å². The Hall–Kier alpha value is -3.35. The van der Waals surface area contributed by atoms with E-state index in [1.54, 1.807) is 30.3 Å². The molecule has 0 bridgehead atoms. The highest BCUT2D eigenvalue weighted by molar-refractivity contribution is 9.10. The lowest BCUT2D eigenvalue weighted by molar-refractivity contribution is -0.385. The predicted molar refractivity (Wildman–Crippen MR) is 135 cm³/mol. The van der Waals surface area contributed by atoms with Crippen LogP contribution in [0.15, 0.2) is 70.0 Å². The summed E-state index contributed by atoms with van der Waals surface area (Å²) in [4.78, 5) is 37.1. The van der Waals surface area contributed by atoms with Crippen LogP contribution in [0.4, 0.5) is 23.7 Å². The molecular weight excluding hydrogens is 601 g/mol. The predicted octanol–water partition coefficient (Wildman–Crippen LogP) is 8.06. The average molecular weight is 614 g/mol. The number of amides is 2. The van der Waals surface area contributed by atoms with Crippen LogP contribution < -0.4 is 4.74 Å². The SMILES string of the molecule is O=C1S/C(=C\c2cc(Br)ccc2Oc2ccc(C(F)(F)F)cc2[N+](=O)[O-])C(=O)N1Cc1cccc(Cl)c1. The van der Waals surface area contributed by atoms with E-state index in [1.807, 2.05) is 0 Å². The molecule has 1 fully saturated rings. The lowest BCUT2D eigenvalue weighted by Crippen LogP contribution is -2.27. The normalized spacial score (nSPS) is 14.9. The first kappa shape index (κ1) is 26.7. The second kappa shape index (κ2) is 10.6.